The van der Waals surface area contributed by atoms with E-state index in [0.717, 1.165) is 44.6 Å². The molecule has 1 aromatic rings. The van der Waals surface area contributed by atoms with Crippen LogP contribution in [0.5, 0.6) is 0 Å². The zero-order chi connectivity index (χ0) is 27.3. The van der Waals surface area contributed by atoms with Crippen molar-refractivity contribution in [1.82, 2.24) is 16.0 Å². The Labute approximate surface area is 235 Å². The quantitative estimate of drug-likeness (QED) is 0.379. The summed E-state index contributed by atoms with van der Waals surface area (Å²) in [4.78, 5) is 13.4. The normalized spacial score (nSPS) is 30.8. The number of amides is 1. The summed E-state index contributed by atoms with van der Waals surface area (Å²) in [5.74, 6) is 0.400. The molecule has 0 bridgehead atoms. The lowest BCUT2D eigenvalue weighted by Crippen LogP contribution is -2.54. The van der Waals surface area contributed by atoms with Crippen LogP contribution in [-0.2, 0) is 22.1 Å². The van der Waals surface area contributed by atoms with Gasteiger partial charge in [-0.1, -0.05) is 69.6 Å². The fraction of sp³-hybridized carbons (Fsp3) is 0.767. The maximum atomic E-state index is 13.4. The Kier molecular flexibility index (Phi) is 9.83. The summed E-state index contributed by atoms with van der Waals surface area (Å²) in [5, 5.41) is 10.5. The lowest BCUT2D eigenvalue weighted by atomic mass is 9.83. The summed E-state index contributed by atoms with van der Waals surface area (Å²) >= 11 is 1.66. The molecule has 4 fully saturated rings. The molecular formula is C30H44F3N3O2S. The molecule has 0 aromatic heterocycles. The number of hydrogen-bond acceptors (Lipinski definition) is 5. The van der Waals surface area contributed by atoms with Gasteiger partial charge in [0, 0.05) is 11.3 Å². The van der Waals surface area contributed by atoms with Gasteiger partial charge in [0.1, 0.15) is 17.3 Å². The third kappa shape index (κ3) is 7.72. The monoisotopic (exact) mass is 567 g/mol. The third-order valence-electron chi connectivity index (χ3n) is 9.12. The lowest BCUT2D eigenvalue weighted by Gasteiger charge is -2.31. The standard InChI is InChI=1S/C30H44F3N3O2S/c31-30(32,33)23-15-11-12-21(18-23)19-25-26(22-13-7-3-1-4-8-14-22)34-28(39-25)35-27(37)24-20-38-29(36-24)16-9-5-2-6-10-17-29/h11-12,15,18,22,24-26,28,34,36H,1-10,13-14,16-17,19-20H2,(H,35,37). The molecule has 1 amide bonds. The van der Waals surface area contributed by atoms with Crippen molar-refractivity contribution in [2.75, 3.05) is 6.61 Å². The number of rotatable bonds is 5. The van der Waals surface area contributed by atoms with Gasteiger partial charge in [-0.25, -0.2) is 0 Å². The summed E-state index contributed by atoms with van der Waals surface area (Å²) in [6.45, 7) is 0.378. The van der Waals surface area contributed by atoms with Crippen LogP contribution in [-0.4, -0.2) is 41.1 Å². The van der Waals surface area contributed by atoms with Crippen LogP contribution in [0.15, 0.2) is 24.3 Å². The first kappa shape index (κ1) is 29.2. The van der Waals surface area contributed by atoms with Crippen LogP contribution in [0.2, 0.25) is 0 Å². The van der Waals surface area contributed by atoms with E-state index in [4.69, 9.17) is 4.74 Å². The Bertz CT molecular complexity index is 946. The van der Waals surface area contributed by atoms with Crippen LogP contribution < -0.4 is 16.0 Å². The smallest absolute Gasteiger partial charge is 0.358 e. The van der Waals surface area contributed by atoms with Gasteiger partial charge in [-0.15, -0.1) is 11.8 Å². The van der Waals surface area contributed by atoms with Gasteiger partial charge in [0.05, 0.1) is 12.2 Å². The van der Waals surface area contributed by atoms with Crippen molar-refractivity contribution in [1.29, 1.82) is 0 Å². The number of carbonyl (C=O) groups is 1. The molecule has 5 nitrogen and oxygen atoms in total. The number of hydrogen-bond donors (Lipinski definition) is 3. The molecule has 2 heterocycles. The van der Waals surface area contributed by atoms with E-state index in [1.165, 1.54) is 63.5 Å². The Morgan fingerprint density at radius 1 is 1.00 bits per heavy atom. The van der Waals surface area contributed by atoms with Crippen molar-refractivity contribution in [3.05, 3.63) is 35.4 Å². The fourth-order valence-corrected chi connectivity index (χ4v) is 8.53. The molecule has 1 aromatic carbocycles. The van der Waals surface area contributed by atoms with Gasteiger partial charge >= 0.3 is 6.18 Å². The number of nitrogens with one attached hydrogen (secondary N) is 3. The van der Waals surface area contributed by atoms with E-state index in [0.29, 0.717) is 24.5 Å². The Morgan fingerprint density at radius 3 is 2.36 bits per heavy atom. The molecule has 5 rings (SSSR count). The van der Waals surface area contributed by atoms with E-state index in [-0.39, 0.29) is 34.5 Å². The molecule has 4 unspecified atom stereocenters. The second kappa shape index (κ2) is 13.1. The molecule has 2 saturated carbocycles. The van der Waals surface area contributed by atoms with E-state index in [1.54, 1.807) is 17.8 Å². The SMILES string of the molecule is O=C(NC1NC(C2CCCCCCC2)C(Cc2cccc(C(F)(F)F)c2)S1)C1COC2(CCCCCCC2)N1. The molecule has 218 valence electrons. The highest BCUT2D eigenvalue weighted by Gasteiger charge is 2.44. The van der Waals surface area contributed by atoms with Crippen LogP contribution in [0.3, 0.4) is 0 Å². The van der Waals surface area contributed by atoms with Crippen molar-refractivity contribution in [2.24, 2.45) is 5.92 Å². The molecule has 9 heteroatoms. The maximum absolute atomic E-state index is 13.4. The number of carbonyl (C=O) groups excluding carboxylic acids is 1. The highest BCUT2D eigenvalue weighted by molar-refractivity contribution is 8.00. The van der Waals surface area contributed by atoms with E-state index >= 15 is 0 Å². The molecule has 0 radical (unpaired) electrons. The average molecular weight is 568 g/mol. The third-order valence-corrected chi connectivity index (χ3v) is 10.5. The lowest BCUT2D eigenvalue weighted by molar-refractivity contribution is -0.137. The first-order valence-corrected chi connectivity index (χ1v) is 16.1. The van der Waals surface area contributed by atoms with Gasteiger partial charge in [-0.3, -0.25) is 15.4 Å². The van der Waals surface area contributed by atoms with Gasteiger partial charge in [0.25, 0.3) is 0 Å². The van der Waals surface area contributed by atoms with Crippen LogP contribution in [0.25, 0.3) is 0 Å². The number of benzene rings is 1. The topological polar surface area (TPSA) is 62.4 Å². The van der Waals surface area contributed by atoms with E-state index in [2.05, 4.69) is 16.0 Å². The molecule has 2 aliphatic carbocycles. The van der Waals surface area contributed by atoms with Crippen LogP contribution in [0.1, 0.15) is 101 Å². The van der Waals surface area contributed by atoms with Crippen LogP contribution in [0, 0.1) is 5.92 Å². The van der Waals surface area contributed by atoms with Crippen molar-refractivity contribution in [2.45, 2.75) is 131 Å². The van der Waals surface area contributed by atoms with Gasteiger partial charge in [0.2, 0.25) is 5.91 Å². The zero-order valence-corrected chi connectivity index (χ0v) is 23.7. The highest BCUT2D eigenvalue weighted by atomic mass is 32.2. The predicted molar refractivity (Wildman–Crippen MR) is 149 cm³/mol. The molecule has 1 spiro atoms. The first-order chi connectivity index (χ1) is 18.8. The molecule has 39 heavy (non-hydrogen) atoms. The second-order valence-electron chi connectivity index (χ2n) is 12.0. The van der Waals surface area contributed by atoms with E-state index in [9.17, 15) is 18.0 Å². The van der Waals surface area contributed by atoms with Crippen molar-refractivity contribution in [3.63, 3.8) is 0 Å². The minimum absolute atomic E-state index is 0.0601. The largest absolute Gasteiger partial charge is 0.416 e. The minimum atomic E-state index is -4.35. The maximum Gasteiger partial charge on any atom is 0.416 e. The number of ether oxygens (including phenoxy) is 1. The van der Waals surface area contributed by atoms with Crippen LogP contribution >= 0.6 is 11.8 Å². The Morgan fingerprint density at radius 2 is 1.67 bits per heavy atom. The Hall–Kier alpha value is -1.29. The van der Waals surface area contributed by atoms with Crippen molar-refractivity contribution < 1.29 is 22.7 Å². The summed E-state index contributed by atoms with van der Waals surface area (Å²) in [5.41, 5.74) is -0.547. The fourth-order valence-electron chi connectivity index (χ4n) is 7.00. The number of halogens is 3. The second-order valence-corrected chi connectivity index (χ2v) is 13.4. The highest BCUT2D eigenvalue weighted by Crippen LogP contribution is 2.38. The molecular weight excluding hydrogens is 523 g/mol. The molecule has 2 saturated heterocycles. The zero-order valence-electron chi connectivity index (χ0n) is 22.9. The number of alkyl halides is 3. The van der Waals surface area contributed by atoms with Gasteiger partial charge in [0.15, 0.2) is 0 Å². The van der Waals surface area contributed by atoms with E-state index < -0.39 is 11.7 Å². The van der Waals surface area contributed by atoms with Gasteiger partial charge in [-0.05, 0) is 62.5 Å². The molecule has 4 aliphatic rings. The Balaban J connectivity index is 1.25. The van der Waals surface area contributed by atoms with Crippen molar-refractivity contribution >= 4 is 17.7 Å². The van der Waals surface area contributed by atoms with Gasteiger partial charge in [-0.2, -0.15) is 13.2 Å². The van der Waals surface area contributed by atoms with Gasteiger partial charge < -0.3 is 10.1 Å². The van der Waals surface area contributed by atoms with Crippen molar-refractivity contribution in [3.8, 4) is 0 Å². The first-order valence-electron chi connectivity index (χ1n) is 15.1. The van der Waals surface area contributed by atoms with Crippen LogP contribution in [0.4, 0.5) is 13.2 Å². The summed E-state index contributed by atoms with van der Waals surface area (Å²) < 4.78 is 46.3. The summed E-state index contributed by atoms with van der Waals surface area (Å²) in [6, 6.07) is 5.50. The molecule has 3 N–H and O–H groups in total. The summed E-state index contributed by atoms with van der Waals surface area (Å²) in [7, 11) is 0. The minimum Gasteiger partial charge on any atom is -0.358 e. The van der Waals surface area contributed by atoms with E-state index in [1.807, 2.05) is 0 Å². The number of thioether (sulfide) groups is 1. The molecule has 4 atom stereocenters. The molecule has 2 aliphatic heterocycles. The average Bonchev–Trinajstić information content (AvgIpc) is 3.46. The predicted octanol–water partition coefficient (Wildman–Crippen LogP) is 6.51. The summed E-state index contributed by atoms with van der Waals surface area (Å²) in [6.07, 6.45) is 12.4.